The van der Waals surface area contributed by atoms with Gasteiger partial charge in [-0.25, -0.2) is 0 Å². The summed E-state index contributed by atoms with van der Waals surface area (Å²) in [5, 5.41) is 0. The van der Waals surface area contributed by atoms with Gasteiger partial charge in [0.1, 0.15) is 0 Å². The lowest BCUT2D eigenvalue weighted by Gasteiger charge is -2.20. The van der Waals surface area contributed by atoms with Crippen molar-refractivity contribution in [1.82, 2.24) is 4.90 Å². The summed E-state index contributed by atoms with van der Waals surface area (Å²) in [6.45, 7) is 12.1. The standard InChI is InChI=1S/C16H28N2/c1-5-18(6-2)8-7-16(17)12-15-10-13(3)9-14(4)11-15/h9-11,16H,5-8,12,17H2,1-4H3. The van der Waals surface area contributed by atoms with E-state index in [0.29, 0.717) is 0 Å². The molecule has 0 spiro atoms. The van der Waals surface area contributed by atoms with Crippen LogP contribution in [0.4, 0.5) is 0 Å². The molecule has 0 saturated carbocycles. The molecule has 0 heterocycles. The zero-order valence-corrected chi connectivity index (χ0v) is 12.4. The number of hydrogen-bond donors (Lipinski definition) is 1. The highest BCUT2D eigenvalue weighted by atomic mass is 15.1. The van der Waals surface area contributed by atoms with Crippen molar-refractivity contribution in [2.75, 3.05) is 19.6 Å². The Hall–Kier alpha value is -0.860. The van der Waals surface area contributed by atoms with E-state index < -0.39 is 0 Å². The predicted molar refractivity (Wildman–Crippen MR) is 80.0 cm³/mol. The van der Waals surface area contributed by atoms with Gasteiger partial charge in [0.25, 0.3) is 0 Å². The third-order valence-corrected chi connectivity index (χ3v) is 3.49. The van der Waals surface area contributed by atoms with E-state index in [2.05, 4.69) is 50.8 Å². The van der Waals surface area contributed by atoms with E-state index in [1.54, 1.807) is 0 Å². The molecule has 18 heavy (non-hydrogen) atoms. The second-order valence-corrected chi connectivity index (χ2v) is 5.28. The summed E-state index contributed by atoms with van der Waals surface area (Å²) in [6.07, 6.45) is 2.07. The van der Waals surface area contributed by atoms with Crippen LogP contribution in [0.5, 0.6) is 0 Å². The lowest BCUT2D eigenvalue weighted by atomic mass is 10.00. The highest BCUT2D eigenvalue weighted by Crippen LogP contribution is 2.11. The van der Waals surface area contributed by atoms with Crippen molar-refractivity contribution in [3.8, 4) is 0 Å². The van der Waals surface area contributed by atoms with Gasteiger partial charge in [-0.1, -0.05) is 43.2 Å². The van der Waals surface area contributed by atoms with Crippen molar-refractivity contribution < 1.29 is 0 Å². The summed E-state index contributed by atoms with van der Waals surface area (Å²) in [7, 11) is 0. The van der Waals surface area contributed by atoms with Crippen LogP contribution in [0.3, 0.4) is 0 Å². The molecule has 0 fully saturated rings. The van der Waals surface area contributed by atoms with Crippen LogP contribution in [-0.4, -0.2) is 30.6 Å². The van der Waals surface area contributed by atoms with Crippen molar-refractivity contribution in [2.45, 2.75) is 46.6 Å². The number of benzene rings is 1. The molecule has 1 aromatic carbocycles. The molecule has 0 amide bonds. The van der Waals surface area contributed by atoms with Gasteiger partial charge in [-0.2, -0.15) is 0 Å². The van der Waals surface area contributed by atoms with Crippen molar-refractivity contribution in [3.05, 3.63) is 34.9 Å². The quantitative estimate of drug-likeness (QED) is 0.804. The SMILES string of the molecule is CCN(CC)CCC(N)Cc1cc(C)cc(C)c1. The maximum absolute atomic E-state index is 6.24. The Labute approximate surface area is 112 Å². The molecule has 1 unspecified atom stereocenters. The van der Waals surface area contributed by atoms with Gasteiger partial charge in [-0.3, -0.25) is 0 Å². The first kappa shape index (κ1) is 15.2. The van der Waals surface area contributed by atoms with Crippen LogP contribution < -0.4 is 5.73 Å². The third-order valence-electron chi connectivity index (χ3n) is 3.49. The zero-order chi connectivity index (χ0) is 13.5. The van der Waals surface area contributed by atoms with E-state index in [4.69, 9.17) is 5.73 Å². The Morgan fingerprint density at radius 2 is 1.61 bits per heavy atom. The average molecular weight is 248 g/mol. The molecule has 0 aliphatic heterocycles. The number of nitrogens with two attached hydrogens (primary N) is 1. The highest BCUT2D eigenvalue weighted by Gasteiger charge is 2.07. The molecule has 1 atom stereocenters. The molecule has 2 N–H and O–H groups in total. The van der Waals surface area contributed by atoms with Crippen LogP contribution in [-0.2, 0) is 6.42 Å². The van der Waals surface area contributed by atoms with Crippen molar-refractivity contribution >= 4 is 0 Å². The molecule has 0 bridgehead atoms. The van der Waals surface area contributed by atoms with Gasteiger partial charge in [-0.15, -0.1) is 0 Å². The monoisotopic (exact) mass is 248 g/mol. The molecule has 1 aromatic rings. The second kappa shape index (κ2) is 7.55. The van der Waals surface area contributed by atoms with Crippen molar-refractivity contribution in [2.24, 2.45) is 5.73 Å². The van der Waals surface area contributed by atoms with Gasteiger partial charge >= 0.3 is 0 Å². The second-order valence-electron chi connectivity index (χ2n) is 5.28. The van der Waals surface area contributed by atoms with Gasteiger partial charge in [0, 0.05) is 6.04 Å². The first-order valence-electron chi connectivity index (χ1n) is 7.10. The minimum absolute atomic E-state index is 0.270. The van der Waals surface area contributed by atoms with Gasteiger partial charge in [0.05, 0.1) is 0 Å². The molecule has 0 saturated heterocycles. The molecule has 1 rings (SSSR count). The van der Waals surface area contributed by atoms with Gasteiger partial charge in [0.2, 0.25) is 0 Å². The van der Waals surface area contributed by atoms with Gasteiger partial charge in [-0.05, 0) is 51.9 Å². The Bertz CT molecular complexity index is 336. The first-order chi connectivity index (χ1) is 8.55. The molecular formula is C16H28N2. The van der Waals surface area contributed by atoms with E-state index in [0.717, 1.165) is 32.5 Å². The van der Waals surface area contributed by atoms with Crippen LogP contribution >= 0.6 is 0 Å². The number of aryl methyl sites for hydroxylation is 2. The van der Waals surface area contributed by atoms with E-state index in [1.165, 1.54) is 16.7 Å². The molecule has 0 radical (unpaired) electrons. The summed E-state index contributed by atoms with van der Waals surface area (Å²) < 4.78 is 0. The van der Waals surface area contributed by atoms with E-state index in [9.17, 15) is 0 Å². The normalized spacial score (nSPS) is 13.0. The van der Waals surface area contributed by atoms with E-state index >= 15 is 0 Å². The van der Waals surface area contributed by atoms with Crippen LogP contribution in [0.1, 0.15) is 37.0 Å². The molecule has 2 heteroatoms. The average Bonchev–Trinajstić information content (AvgIpc) is 2.28. The maximum atomic E-state index is 6.24. The van der Waals surface area contributed by atoms with E-state index in [1.807, 2.05) is 0 Å². The fraction of sp³-hybridized carbons (Fsp3) is 0.625. The van der Waals surface area contributed by atoms with Crippen molar-refractivity contribution in [1.29, 1.82) is 0 Å². The Kier molecular flexibility index (Phi) is 6.37. The fourth-order valence-electron chi connectivity index (χ4n) is 2.48. The summed E-state index contributed by atoms with van der Waals surface area (Å²) in [5.74, 6) is 0. The van der Waals surface area contributed by atoms with Crippen molar-refractivity contribution in [3.63, 3.8) is 0 Å². The predicted octanol–water partition coefficient (Wildman–Crippen LogP) is 2.91. The largest absolute Gasteiger partial charge is 0.327 e. The Morgan fingerprint density at radius 3 is 2.11 bits per heavy atom. The Morgan fingerprint density at radius 1 is 1.06 bits per heavy atom. The van der Waals surface area contributed by atoms with Crippen LogP contribution in [0.15, 0.2) is 18.2 Å². The fourth-order valence-corrected chi connectivity index (χ4v) is 2.48. The minimum Gasteiger partial charge on any atom is -0.327 e. The number of rotatable bonds is 7. The van der Waals surface area contributed by atoms with Gasteiger partial charge < -0.3 is 10.6 Å². The molecule has 0 aromatic heterocycles. The zero-order valence-electron chi connectivity index (χ0n) is 12.4. The van der Waals surface area contributed by atoms with Crippen LogP contribution in [0, 0.1) is 13.8 Å². The van der Waals surface area contributed by atoms with E-state index in [-0.39, 0.29) is 6.04 Å². The van der Waals surface area contributed by atoms with Gasteiger partial charge in [0.15, 0.2) is 0 Å². The molecular weight excluding hydrogens is 220 g/mol. The molecule has 0 aliphatic carbocycles. The van der Waals surface area contributed by atoms with Crippen LogP contribution in [0.2, 0.25) is 0 Å². The summed E-state index contributed by atoms with van der Waals surface area (Å²) in [6, 6.07) is 6.99. The highest BCUT2D eigenvalue weighted by molar-refractivity contribution is 5.29. The smallest absolute Gasteiger partial charge is 0.00914 e. The lowest BCUT2D eigenvalue weighted by Crippen LogP contribution is -2.31. The van der Waals surface area contributed by atoms with Crippen LogP contribution in [0.25, 0.3) is 0 Å². The number of hydrogen-bond acceptors (Lipinski definition) is 2. The summed E-state index contributed by atoms with van der Waals surface area (Å²) in [5.41, 5.74) is 10.3. The summed E-state index contributed by atoms with van der Waals surface area (Å²) >= 11 is 0. The third kappa shape index (κ3) is 5.19. The summed E-state index contributed by atoms with van der Waals surface area (Å²) in [4.78, 5) is 2.43. The number of nitrogens with zero attached hydrogens (tertiary/aromatic N) is 1. The Balaban J connectivity index is 2.46. The first-order valence-corrected chi connectivity index (χ1v) is 7.10. The molecule has 2 nitrogen and oxygen atoms in total. The minimum atomic E-state index is 0.270. The lowest BCUT2D eigenvalue weighted by molar-refractivity contribution is 0.290. The molecule has 102 valence electrons. The topological polar surface area (TPSA) is 29.3 Å². The maximum Gasteiger partial charge on any atom is 0.00914 e. The molecule has 0 aliphatic rings.